The summed E-state index contributed by atoms with van der Waals surface area (Å²) in [4.78, 5) is 31.0. The Morgan fingerprint density at radius 1 is 0.931 bits per heavy atom. The monoisotopic (exact) mass is 387 g/mol. The summed E-state index contributed by atoms with van der Waals surface area (Å²) < 4.78 is 0. The number of carbonyl (C=O) groups is 2. The van der Waals surface area contributed by atoms with Crippen LogP contribution in [0.25, 0.3) is 11.8 Å². The van der Waals surface area contributed by atoms with Gasteiger partial charge in [0.05, 0.1) is 0 Å². The standard InChI is InChI=1S/C24H25N3O2/c1-19-21-11-5-6-12-22(21)24(29)27(19)18-23(28)26-16-14-25(15-17-26)13-7-10-20-8-3-2-4-9-20/h2-12H,1,13-18H2/b10-7+. The average Bonchev–Trinajstić information content (AvgIpc) is 3.00. The van der Waals surface area contributed by atoms with Crippen molar-refractivity contribution in [2.24, 2.45) is 0 Å². The van der Waals surface area contributed by atoms with E-state index in [-0.39, 0.29) is 18.4 Å². The Kier molecular flexibility index (Phi) is 5.58. The number of nitrogens with zero attached hydrogens (tertiary/aromatic N) is 3. The van der Waals surface area contributed by atoms with Gasteiger partial charge in [0.25, 0.3) is 5.91 Å². The molecule has 4 rings (SSSR count). The topological polar surface area (TPSA) is 43.9 Å². The Morgan fingerprint density at radius 2 is 1.59 bits per heavy atom. The summed E-state index contributed by atoms with van der Waals surface area (Å²) >= 11 is 0. The highest BCUT2D eigenvalue weighted by atomic mass is 16.2. The molecule has 1 fully saturated rings. The molecule has 2 aliphatic rings. The number of rotatable bonds is 5. The van der Waals surface area contributed by atoms with Crippen molar-refractivity contribution in [3.63, 3.8) is 0 Å². The third-order valence-corrected chi connectivity index (χ3v) is 5.53. The van der Waals surface area contributed by atoms with Crippen LogP contribution < -0.4 is 0 Å². The molecule has 148 valence electrons. The van der Waals surface area contributed by atoms with Gasteiger partial charge in [-0.3, -0.25) is 19.4 Å². The highest BCUT2D eigenvalue weighted by Gasteiger charge is 2.33. The third kappa shape index (κ3) is 4.15. The number of carbonyl (C=O) groups excluding carboxylic acids is 2. The van der Waals surface area contributed by atoms with Crippen LogP contribution in [0, 0.1) is 0 Å². The molecule has 0 unspecified atom stereocenters. The maximum Gasteiger partial charge on any atom is 0.259 e. The molecular weight excluding hydrogens is 362 g/mol. The van der Waals surface area contributed by atoms with E-state index in [0.29, 0.717) is 24.4 Å². The van der Waals surface area contributed by atoms with E-state index in [1.54, 1.807) is 6.07 Å². The Labute approximate surface area is 171 Å². The SMILES string of the molecule is C=C1c2ccccc2C(=O)N1CC(=O)N1CCN(C/C=C/c2ccccc2)CC1. The summed E-state index contributed by atoms with van der Waals surface area (Å²) in [5.41, 5.74) is 3.25. The molecule has 2 aromatic carbocycles. The van der Waals surface area contributed by atoms with Gasteiger partial charge in [0.15, 0.2) is 0 Å². The van der Waals surface area contributed by atoms with Crippen LogP contribution in [0.3, 0.4) is 0 Å². The van der Waals surface area contributed by atoms with Gasteiger partial charge in [-0.2, -0.15) is 0 Å². The number of piperazine rings is 1. The van der Waals surface area contributed by atoms with E-state index in [0.717, 1.165) is 25.2 Å². The maximum absolute atomic E-state index is 12.8. The quantitative estimate of drug-likeness (QED) is 0.792. The number of amides is 2. The van der Waals surface area contributed by atoms with Crippen LogP contribution in [0.2, 0.25) is 0 Å². The molecule has 5 heteroatoms. The van der Waals surface area contributed by atoms with E-state index in [1.165, 1.54) is 10.5 Å². The second kappa shape index (κ2) is 8.45. The molecule has 0 aliphatic carbocycles. The van der Waals surface area contributed by atoms with Crippen molar-refractivity contribution in [1.82, 2.24) is 14.7 Å². The number of benzene rings is 2. The highest BCUT2D eigenvalue weighted by molar-refractivity contribution is 6.10. The molecule has 0 radical (unpaired) electrons. The van der Waals surface area contributed by atoms with Crippen LogP contribution in [0.5, 0.6) is 0 Å². The van der Waals surface area contributed by atoms with Crippen molar-refractivity contribution in [3.8, 4) is 0 Å². The van der Waals surface area contributed by atoms with E-state index in [2.05, 4.69) is 35.8 Å². The first-order chi connectivity index (χ1) is 14.1. The average molecular weight is 387 g/mol. The fourth-order valence-electron chi connectivity index (χ4n) is 3.82. The lowest BCUT2D eigenvalue weighted by Gasteiger charge is -2.35. The molecule has 2 heterocycles. The summed E-state index contributed by atoms with van der Waals surface area (Å²) in [7, 11) is 0. The first kappa shape index (κ1) is 19.2. The second-order valence-corrected chi connectivity index (χ2v) is 7.38. The van der Waals surface area contributed by atoms with Gasteiger partial charge in [0, 0.05) is 49.5 Å². The minimum absolute atomic E-state index is 0.0215. The fraction of sp³-hybridized carbons (Fsp3) is 0.250. The molecule has 0 spiro atoms. The van der Waals surface area contributed by atoms with Crippen molar-refractivity contribution < 1.29 is 9.59 Å². The lowest BCUT2D eigenvalue weighted by Crippen LogP contribution is -2.51. The van der Waals surface area contributed by atoms with Crippen LogP contribution >= 0.6 is 0 Å². The Hall–Kier alpha value is -3.18. The van der Waals surface area contributed by atoms with Crippen LogP contribution in [0.1, 0.15) is 21.5 Å². The fourth-order valence-corrected chi connectivity index (χ4v) is 3.82. The molecule has 1 saturated heterocycles. The molecule has 0 aromatic heterocycles. The van der Waals surface area contributed by atoms with Crippen molar-refractivity contribution in [3.05, 3.63) is 83.9 Å². The molecule has 0 N–H and O–H groups in total. The van der Waals surface area contributed by atoms with Crippen molar-refractivity contribution in [1.29, 1.82) is 0 Å². The zero-order valence-corrected chi connectivity index (χ0v) is 16.5. The summed E-state index contributed by atoms with van der Waals surface area (Å²) in [6.45, 7) is 7.97. The lowest BCUT2D eigenvalue weighted by atomic mass is 10.1. The minimum Gasteiger partial charge on any atom is -0.339 e. The van der Waals surface area contributed by atoms with Gasteiger partial charge in [0.1, 0.15) is 6.54 Å². The molecule has 0 bridgehead atoms. The van der Waals surface area contributed by atoms with E-state index < -0.39 is 0 Å². The van der Waals surface area contributed by atoms with E-state index in [1.807, 2.05) is 41.3 Å². The van der Waals surface area contributed by atoms with Gasteiger partial charge in [-0.25, -0.2) is 0 Å². The van der Waals surface area contributed by atoms with Crippen molar-refractivity contribution in [2.45, 2.75) is 0 Å². The highest BCUT2D eigenvalue weighted by Crippen LogP contribution is 2.30. The first-order valence-corrected chi connectivity index (χ1v) is 9.95. The second-order valence-electron chi connectivity index (χ2n) is 7.38. The van der Waals surface area contributed by atoms with Gasteiger partial charge in [-0.1, -0.05) is 67.3 Å². The number of fused-ring (bicyclic) bond motifs is 1. The minimum atomic E-state index is -0.136. The van der Waals surface area contributed by atoms with E-state index in [9.17, 15) is 9.59 Å². The maximum atomic E-state index is 12.8. The Bertz CT molecular complexity index is 909. The molecule has 2 amide bonds. The predicted molar refractivity (Wildman–Crippen MR) is 115 cm³/mol. The number of hydrogen-bond donors (Lipinski definition) is 0. The summed E-state index contributed by atoms with van der Waals surface area (Å²) in [5, 5.41) is 0. The molecule has 5 nitrogen and oxygen atoms in total. The van der Waals surface area contributed by atoms with Crippen LogP contribution in [-0.4, -0.2) is 65.8 Å². The molecule has 29 heavy (non-hydrogen) atoms. The van der Waals surface area contributed by atoms with Crippen LogP contribution in [0.4, 0.5) is 0 Å². The zero-order valence-electron chi connectivity index (χ0n) is 16.5. The molecular formula is C24H25N3O2. The molecule has 2 aromatic rings. The summed E-state index contributed by atoms with van der Waals surface area (Å²) in [5.74, 6) is -0.157. The van der Waals surface area contributed by atoms with Crippen LogP contribution in [0.15, 0.2) is 67.3 Å². The molecule has 0 atom stereocenters. The number of hydrogen-bond acceptors (Lipinski definition) is 3. The zero-order chi connectivity index (χ0) is 20.2. The van der Waals surface area contributed by atoms with Crippen molar-refractivity contribution in [2.75, 3.05) is 39.3 Å². The smallest absolute Gasteiger partial charge is 0.259 e. The predicted octanol–water partition coefficient (Wildman–Crippen LogP) is 2.97. The Balaban J connectivity index is 1.27. The molecule has 2 aliphatic heterocycles. The first-order valence-electron chi connectivity index (χ1n) is 9.95. The van der Waals surface area contributed by atoms with Gasteiger partial charge in [-0.05, 0) is 11.6 Å². The normalized spacial score (nSPS) is 17.2. The van der Waals surface area contributed by atoms with Gasteiger partial charge < -0.3 is 4.90 Å². The van der Waals surface area contributed by atoms with Crippen molar-refractivity contribution >= 4 is 23.6 Å². The van der Waals surface area contributed by atoms with Crippen LogP contribution in [-0.2, 0) is 4.79 Å². The van der Waals surface area contributed by atoms with Gasteiger partial charge in [-0.15, -0.1) is 0 Å². The largest absolute Gasteiger partial charge is 0.339 e. The van der Waals surface area contributed by atoms with E-state index >= 15 is 0 Å². The summed E-state index contributed by atoms with van der Waals surface area (Å²) in [6.07, 6.45) is 4.29. The van der Waals surface area contributed by atoms with Gasteiger partial charge in [0.2, 0.25) is 5.91 Å². The van der Waals surface area contributed by atoms with Gasteiger partial charge >= 0.3 is 0 Å². The third-order valence-electron chi connectivity index (χ3n) is 5.53. The Morgan fingerprint density at radius 3 is 2.28 bits per heavy atom. The summed E-state index contributed by atoms with van der Waals surface area (Å²) in [6, 6.07) is 17.6. The lowest BCUT2D eigenvalue weighted by molar-refractivity contribution is -0.132. The molecule has 0 saturated carbocycles. The van der Waals surface area contributed by atoms with E-state index in [4.69, 9.17) is 0 Å².